The molecule has 3 heteroatoms. The predicted molar refractivity (Wildman–Crippen MR) is 88.3 cm³/mol. The van der Waals surface area contributed by atoms with Gasteiger partial charge < -0.3 is 10.2 Å². The first-order valence-electron chi connectivity index (χ1n) is 7.59. The molecule has 0 radical (unpaired) electrons. The highest BCUT2D eigenvalue weighted by molar-refractivity contribution is 5.22. The Hall–Kier alpha value is -1.71. The Kier molecular flexibility index (Phi) is 6.38. The summed E-state index contributed by atoms with van der Waals surface area (Å²) in [6, 6.07) is 15.0. The minimum Gasteiger partial charge on any atom is -0.319 e. The monoisotopic (exact) mass is 283 g/mol. The van der Waals surface area contributed by atoms with Crippen LogP contribution in [0.2, 0.25) is 0 Å². The number of aromatic nitrogens is 1. The second-order valence-corrected chi connectivity index (χ2v) is 5.48. The maximum absolute atomic E-state index is 4.37. The number of nitrogens with zero attached hydrogens (tertiary/aromatic N) is 2. The molecule has 2 rings (SSSR count). The second-order valence-electron chi connectivity index (χ2n) is 5.48. The summed E-state index contributed by atoms with van der Waals surface area (Å²) in [4.78, 5) is 6.71. The van der Waals surface area contributed by atoms with Crippen molar-refractivity contribution in [3.63, 3.8) is 0 Å². The number of pyridine rings is 1. The van der Waals surface area contributed by atoms with E-state index in [1.807, 2.05) is 25.4 Å². The first-order chi connectivity index (χ1) is 10.3. The van der Waals surface area contributed by atoms with Crippen LogP contribution < -0.4 is 5.32 Å². The fourth-order valence-corrected chi connectivity index (χ4v) is 2.32. The predicted octanol–water partition coefficient (Wildman–Crippen LogP) is 2.52. The van der Waals surface area contributed by atoms with E-state index >= 15 is 0 Å². The number of rotatable bonds is 8. The molecule has 21 heavy (non-hydrogen) atoms. The lowest BCUT2D eigenvalue weighted by Crippen LogP contribution is -2.21. The molecule has 1 N–H and O–H groups in total. The van der Waals surface area contributed by atoms with Gasteiger partial charge in [-0.3, -0.25) is 4.98 Å². The van der Waals surface area contributed by atoms with Gasteiger partial charge in [-0.2, -0.15) is 0 Å². The van der Waals surface area contributed by atoms with Crippen LogP contribution >= 0.6 is 0 Å². The van der Waals surface area contributed by atoms with Crippen LogP contribution in [0, 0.1) is 0 Å². The van der Waals surface area contributed by atoms with Gasteiger partial charge >= 0.3 is 0 Å². The van der Waals surface area contributed by atoms with Gasteiger partial charge in [0, 0.05) is 31.4 Å². The Labute approximate surface area is 128 Å². The normalized spacial score (nSPS) is 11.0. The third kappa shape index (κ3) is 5.66. The quantitative estimate of drug-likeness (QED) is 0.807. The third-order valence-corrected chi connectivity index (χ3v) is 3.61. The molecule has 1 heterocycles. The van der Waals surface area contributed by atoms with E-state index in [0.29, 0.717) is 0 Å². The summed E-state index contributed by atoms with van der Waals surface area (Å²) in [5.74, 6) is 0. The van der Waals surface area contributed by atoms with Crippen LogP contribution in [0.25, 0.3) is 0 Å². The van der Waals surface area contributed by atoms with Gasteiger partial charge in [-0.25, -0.2) is 0 Å². The topological polar surface area (TPSA) is 28.2 Å². The third-order valence-electron chi connectivity index (χ3n) is 3.61. The SMILES string of the molecule is CNCCc1ccc(CN(C)CCc2ccccn2)cc1. The molecule has 0 atom stereocenters. The molecule has 1 aromatic heterocycles. The Balaban J connectivity index is 1.78. The molecule has 0 unspecified atom stereocenters. The van der Waals surface area contributed by atoms with E-state index in [9.17, 15) is 0 Å². The first-order valence-corrected chi connectivity index (χ1v) is 7.59. The minimum absolute atomic E-state index is 0.985. The van der Waals surface area contributed by atoms with Crippen molar-refractivity contribution in [2.75, 3.05) is 27.2 Å². The van der Waals surface area contributed by atoms with Gasteiger partial charge in [0.1, 0.15) is 0 Å². The van der Waals surface area contributed by atoms with Gasteiger partial charge in [0.25, 0.3) is 0 Å². The molecule has 0 bridgehead atoms. The van der Waals surface area contributed by atoms with Crippen LogP contribution in [0.3, 0.4) is 0 Å². The van der Waals surface area contributed by atoms with Gasteiger partial charge in [0.05, 0.1) is 0 Å². The van der Waals surface area contributed by atoms with E-state index in [0.717, 1.165) is 38.2 Å². The summed E-state index contributed by atoms with van der Waals surface area (Å²) in [5.41, 5.74) is 3.92. The van der Waals surface area contributed by atoms with E-state index in [1.165, 1.54) is 11.1 Å². The Bertz CT molecular complexity index is 508. The van der Waals surface area contributed by atoms with Crippen LogP contribution in [-0.4, -0.2) is 37.1 Å². The number of likely N-dealkylation sites (N-methyl/N-ethyl adjacent to an activating group) is 2. The minimum atomic E-state index is 0.985. The van der Waals surface area contributed by atoms with Gasteiger partial charge in [0.2, 0.25) is 0 Å². The van der Waals surface area contributed by atoms with E-state index in [-0.39, 0.29) is 0 Å². The Morgan fingerprint density at radius 1 is 1.00 bits per heavy atom. The van der Waals surface area contributed by atoms with E-state index in [1.54, 1.807) is 0 Å². The number of nitrogens with one attached hydrogen (secondary N) is 1. The summed E-state index contributed by atoms with van der Waals surface area (Å²) in [6.07, 6.45) is 3.95. The molecule has 3 nitrogen and oxygen atoms in total. The molecule has 0 aliphatic rings. The van der Waals surface area contributed by atoms with Crippen LogP contribution in [0.4, 0.5) is 0 Å². The second kappa shape index (κ2) is 8.55. The van der Waals surface area contributed by atoms with Crippen molar-refractivity contribution in [1.82, 2.24) is 15.2 Å². The fraction of sp³-hybridized carbons (Fsp3) is 0.389. The van der Waals surface area contributed by atoms with Crippen LogP contribution in [0.1, 0.15) is 16.8 Å². The van der Waals surface area contributed by atoms with E-state index in [2.05, 4.69) is 52.6 Å². The molecule has 0 saturated heterocycles. The molecule has 0 fully saturated rings. The van der Waals surface area contributed by atoms with Crippen LogP contribution in [-0.2, 0) is 19.4 Å². The zero-order chi connectivity index (χ0) is 14.9. The standard InChI is InChI=1S/C18H25N3/c1-19-13-10-16-6-8-17(9-7-16)15-21(2)14-11-18-5-3-4-12-20-18/h3-9,12,19H,10-11,13-15H2,1-2H3. The zero-order valence-electron chi connectivity index (χ0n) is 13.0. The van der Waals surface area contributed by atoms with Crippen molar-refractivity contribution in [3.8, 4) is 0 Å². The summed E-state index contributed by atoms with van der Waals surface area (Å²) >= 11 is 0. The van der Waals surface area contributed by atoms with Crippen molar-refractivity contribution < 1.29 is 0 Å². The summed E-state index contributed by atoms with van der Waals surface area (Å²) in [6.45, 7) is 3.04. The molecule has 0 amide bonds. The molecular weight excluding hydrogens is 258 g/mol. The zero-order valence-corrected chi connectivity index (χ0v) is 13.0. The lowest BCUT2D eigenvalue weighted by molar-refractivity contribution is 0.330. The summed E-state index contributed by atoms with van der Waals surface area (Å²) < 4.78 is 0. The molecule has 0 spiro atoms. The highest BCUT2D eigenvalue weighted by atomic mass is 15.1. The summed E-state index contributed by atoms with van der Waals surface area (Å²) in [7, 11) is 4.16. The molecule has 0 saturated carbocycles. The van der Waals surface area contributed by atoms with Crippen molar-refractivity contribution in [1.29, 1.82) is 0 Å². The van der Waals surface area contributed by atoms with Gasteiger partial charge in [-0.1, -0.05) is 30.3 Å². The Morgan fingerprint density at radius 3 is 2.43 bits per heavy atom. The lowest BCUT2D eigenvalue weighted by Gasteiger charge is -2.16. The number of benzene rings is 1. The average Bonchev–Trinajstić information content (AvgIpc) is 2.53. The molecule has 2 aromatic rings. The average molecular weight is 283 g/mol. The van der Waals surface area contributed by atoms with Crippen LogP contribution in [0.15, 0.2) is 48.7 Å². The molecule has 0 aliphatic heterocycles. The molecular formula is C18H25N3. The van der Waals surface area contributed by atoms with E-state index < -0.39 is 0 Å². The fourth-order valence-electron chi connectivity index (χ4n) is 2.32. The van der Waals surface area contributed by atoms with Crippen molar-refractivity contribution in [2.45, 2.75) is 19.4 Å². The van der Waals surface area contributed by atoms with Gasteiger partial charge in [-0.05, 0) is 50.3 Å². The van der Waals surface area contributed by atoms with Gasteiger partial charge in [0.15, 0.2) is 0 Å². The maximum Gasteiger partial charge on any atom is 0.0416 e. The number of hydrogen-bond donors (Lipinski definition) is 1. The lowest BCUT2D eigenvalue weighted by atomic mass is 10.1. The molecule has 0 aliphatic carbocycles. The Morgan fingerprint density at radius 2 is 1.76 bits per heavy atom. The molecule has 1 aromatic carbocycles. The maximum atomic E-state index is 4.37. The molecule has 112 valence electrons. The number of hydrogen-bond acceptors (Lipinski definition) is 3. The first kappa shape index (κ1) is 15.7. The van der Waals surface area contributed by atoms with Crippen molar-refractivity contribution in [2.24, 2.45) is 0 Å². The highest BCUT2D eigenvalue weighted by Crippen LogP contribution is 2.08. The van der Waals surface area contributed by atoms with Gasteiger partial charge in [-0.15, -0.1) is 0 Å². The van der Waals surface area contributed by atoms with Crippen molar-refractivity contribution in [3.05, 3.63) is 65.5 Å². The van der Waals surface area contributed by atoms with E-state index in [4.69, 9.17) is 0 Å². The van der Waals surface area contributed by atoms with Crippen molar-refractivity contribution >= 4 is 0 Å². The highest BCUT2D eigenvalue weighted by Gasteiger charge is 2.02. The largest absolute Gasteiger partial charge is 0.319 e. The van der Waals surface area contributed by atoms with Crippen LogP contribution in [0.5, 0.6) is 0 Å². The smallest absolute Gasteiger partial charge is 0.0416 e. The summed E-state index contributed by atoms with van der Waals surface area (Å²) in [5, 5.41) is 3.18.